The van der Waals surface area contributed by atoms with E-state index >= 15 is 0 Å². The van der Waals surface area contributed by atoms with Crippen LogP contribution in [0.25, 0.3) is 0 Å². The van der Waals surface area contributed by atoms with E-state index in [9.17, 15) is 0 Å². The Labute approximate surface area is 56.6 Å². The average Bonchev–Trinajstić information content (AvgIpc) is 2.18. The lowest BCUT2D eigenvalue weighted by molar-refractivity contribution is 0.0470. The van der Waals surface area contributed by atoms with Crippen LogP contribution in [0.5, 0.6) is 0 Å². The highest BCUT2D eigenvalue weighted by Crippen LogP contribution is 2.90. The first-order chi connectivity index (χ1) is 4.19. The van der Waals surface area contributed by atoms with Gasteiger partial charge < -0.3 is 0 Å². The van der Waals surface area contributed by atoms with E-state index in [1.165, 1.54) is 5.92 Å². The quantitative estimate of drug-likeness (QED) is 0.462. The van der Waals surface area contributed by atoms with Crippen molar-refractivity contribution in [3.63, 3.8) is 0 Å². The van der Waals surface area contributed by atoms with Crippen molar-refractivity contribution in [1.29, 1.82) is 0 Å². The topological polar surface area (TPSA) is 0 Å². The fraction of sp³-hybridized carbons (Fsp3) is 1.00. The smallest absolute Gasteiger partial charge is 0.0229 e. The standard InChI is InChI=1S/C9H14/c1-4-6-5(2)9(3)7(4)8(6)9/h4-8H,1-3H3. The zero-order chi connectivity index (χ0) is 6.39. The Morgan fingerprint density at radius 2 is 1.78 bits per heavy atom. The van der Waals surface area contributed by atoms with Crippen LogP contribution >= 0.6 is 0 Å². The Balaban J connectivity index is 2.04. The Morgan fingerprint density at radius 1 is 1.11 bits per heavy atom. The molecule has 0 heteroatoms. The molecule has 0 saturated heterocycles. The number of hydrogen-bond acceptors (Lipinski definition) is 0. The molecule has 0 aliphatic heterocycles. The monoisotopic (exact) mass is 122 g/mol. The minimum Gasteiger partial charge on any atom is -0.0619 e. The average molecular weight is 122 g/mol. The normalized spacial score (nSPS) is 82.3. The highest BCUT2D eigenvalue weighted by Gasteiger charge is 2.86. The van der Waals surface area contributed by atoms with E-state index in [2.05, 4.69) is 20.8 Å². The van der Waals surface area contributed by atoms with Crippen LogP contribution in [0.2, 0.25) is 0 Å². The first-order valence-corrected chi connectivity index (χ1v) is 4.19. The molecule has 0 aromatic rings. The lowest BCUT2D eigenvalue weighted by Crippen LogP contribution is -2.38. The van der Waals surface area contributed by atoms with Gasteiger partial charge in [0.15, 0.2) is 0 Å². The van der Waals surface area contributed by atoms with Gasteiger partial charge in [-0.1, -0.05) is 20.8 Å². The first kappa shape index (κ1) is 4.76. The highest BCUT2D eigenvalue weighted by atomic mass is 14.9. The molecule has 3 saturated carbocycles. The number of rotatable bonds is 0. The third-order valence-corrected chi connectivity index (χ3v) is 4.86. The molecule has 0 N–H and O–H groups in total. The van der Waals surface area contributed by atoms with Gasteiger partial charge in [-0.2, -0.15) is 0 Å². The summed E-state index contributed by atoms with van der Waals surface area (Å²) in [6.45, 7) is 7.39. The van der Waals surface area contributed by atoms with E-state index < -0.39 is 0 Å². The van der Waals surface area contributed by atoms with Crippen molar-refractivity contribution in [3.05, 3.63) is 0 Å². The Hall–Kier alpha value is 0. The summed E-state index contributed by atoms with van der Waals surface area (Å²) < 4.78 is 0. The maximum absolute atomic E-state index is 2.49. The van der Waals surface area contributed by atoms with Gasteiger partial charge in [-0.05, 0) is 35.0 Å². The molecule has 6 atom stereocenters. The first-order valence-electron chi connectivity index (χ1n) is 4.19. The van der Waals surface area contributed by atoms with Crippen molar-refractivity contribution in [2.75, 3.05) is 0 Å². The molecule has 0 nitrogen and oxygen atoms in total. The molecule has 0 spiro atoms. The Bertz CT molecular complexity index is 168. The van der Waals surface area contributed by atoms with Crippen molar-refractivity contribution in [1.82, 2.24) is 0 Å². The van der Waals surface area contributed by atoms with Crippen LogP contribution in [0, 0.1) is 35.0 Å². The summed E-state index contributed by atoms with van der Waals surface area (Å²) in [6, 6.07) is 0. The van der Waals surface area contributed by atoms with Crippen molar-refractivity contribution < 1.29 is 0 Å². The Morgan fingerprint density at radius 3 is 1.89 bits per heavy atom. The van der Waals surface area contributed by atoms with Crippen molar-refractivity contribution in [2.45, 2.75) is 20.8 Å². The molecule has 0 amide bonds. The van der Waals surface area contributed by atoms with Gasteiger partial charge in [-0.15, -0.1) is 0 Å². The second-order valence-corrected chi connectivity index (χ2v) is 4.64. The summed E-state index contributed by atoms with van der Waals surface area (Å²) in [5.74, 6) is 5.68. The molecular weight excluding hydrogens is 108 g/mol. The highest BCUT2D eigenvalue weighted by molar-refractivity contribution is 5.33. The molecule has 0 aromatic heterocycles. The van der Waals surface area contributed by atoms with Gasteiger partial charge >= 0.3 is 0 Å². The predicted molar refractivity (Wildman–Crippen MR) is 36.9 cm³/mol. The van der Waals surface area contributed by atoms with Crippen molar-refractivity contribution in [3.8, 4) is 0 Å². The van der Waals surface area contributed by atoms with Gasteiger partial charge in [0.1, 0.15) is 0 Å². The second-order valence-electron chi connectivity index (χ2n) is 4.64. The maximum Gasteiger partial charge on any atom is -0.0229 e. The molecular formula is C9H14. The van der Waals surface area contributed by atoms with Gasteiger partial charge in [0.25, 0.3) is 0 Å². The van der Waals surface area contributed by atoms with E-state index in [1.54, 1.807) is 0 Å². The predicted octanol–water partition coefficient (Wildman–Crippen LogP) is 2.15. The molecule has 0 heterocycles. The van der Waals surface area contributed by atoms with E-state index in [-0.39, 0.29) is 0 Å². The van der Waals surface area contributed by atoms with Crippen LogP contribution in [0.1, 0.15) is 20.8 Å². The lowest BCUT2D eigenvalue weighted by atomic mass is 9.62. The minimum absolute atomic E-state index is 0.851. The molecule has 9 heavy (non-hydrogen) atoms. The van der Waals surface area contributed by atoms with Crippen LogP contribution in [0.3, 0.4) is 0 Å². The van der Waals surface area contributed by atoms with Gasteiger partial charge in [0.2, 0.25) is 0 Å². The van der Waals surface area contributed by atoms with Crippen LogP contribution in [-0.4, -0.2) is 0 Å². The molecule has 0 radical (unpaired) electrons. The van der Waals surface area contributed by atoms with Gasteiger partial charge in [0.05, 0.1) is 0 Å². The summed E-state index contributed by atoms with van der Waals surface area (Å²) in [5.41, 5.74) is 0.851. The molecule has 0 bridgehead atoms. The minimum atomic E-state index is 0.851. The zero-order valence-corrected chi connectivity index (χ0v) is 6.39. The number of fused-ring (bicyclic) bond motifs is 1. The van der Waals surface area contributed by atoms with E-state index in [0.717, 1.165) is 29.1 Å². The van der Waals surface area contributed by atoms with E-state index in [4.69, 9.17) is 0 Å². The molecule has 50 valence electrons. The largest absolute Gasteiger partial charge is 0.0619 e. The van der Waals surface area contributed by atoms with Crippen LogP contribution in [0.15, 0.2) is 0 Å². The lowest BCUT2D eigenvalue weighted by Gasteiger charge is -2.42. The summed E-state index contributed by atoms with van der Waals surface area (Å²) >= 11 is 0. The third kappa shape index (κ3) is 0.222. The molecule has 3 aliphatic rings. The Kier molecular flexibility index (Phi) is 0.470. The van der Waals surface area contributed by atoms with E-state index in [1.807, 2.05) is 0 Å². The third-order valence-electron chi connectivity index (χ3n) is 4.86. The van der Waals surface area contributed by atoms with Gasteiger partial charge in [-0.3, -0.25) is 0 Å². The van der Waals surface area contributed by atoms with E-state index in [0.29, 0.717) is 0 Å². The molecule has 3 rings (SSSR count). The van der Waals surface area contributed by atoms with Gasteiger partial charge in [-0.25, -0.2) is 0 Å². The maximum atomic E-state index is 2.49. The van der Waals surface area contributed by atoms with Crippen LogP contribution in [0.4, 0.5) is 0 Å². The van der Waals surface area contributed by atoms with Crippen molar-refractivity contribution in [2.24, 2.45) is 35.0 Å². The van der Waals surface area contributed by atoms with Crippen LogP contribution in [-0.2, 0) is 0 Å². The zero-order valence-electron chi connectivity index (χ0n) is 6.39. The molecule has 0 aromatic carbocycles. The van der Waals surface area contributed by atoms with Crippen LogP contribution < -0.4 is 0 Å². The van der Waals surface area contributed by atoms with Gasteiger partial charge in [0, 0.05) is 0 Å². The summed E-state index contributed by atoms with van der Waals surface area (Å²) in [5, 5.41) is 0. The summed E-state index contributed by atoms with van der Waals surface area (Å²) in [7, 11) is 0. The SMILES string of the molecule is CC1C2C(C)C3(C)C1C23. The summed E-state index contributed by atoms with van der Waals surface area (Å²) in [6.07, 6.45) is 0. The molecule has 3 fully saturated rings. The second kappa shape index (κ2) is 0.889. The number of hydrogen-bond donors (Lipinski definition) is 0. The fourth-order valence-corrected chi connectivity index (χ4v) is 4.24. The molecule has 6 unspecified atom stereocenters. The molecule has 3 aliphatic carbocycles. The fourth-order valence-electron chi connectivity index (χ4n) is 4.24. The summed E-state index contributed by atoms with van der Waals surface area (Å²) in [4.78, 5) is 0. The van der Waals surface area contributed by atoms with Crippen molar-refractivity contribution >= 4 is 0 Å².